The molecule has 1 aliphatic heterocycles. The Kier molecular flexibility index (Phi) is 7.77. The third-order valence-corrected chi connectivity index (χ3v) is 5.30. The Balaban J connectivity index is 2.46. The van der Waals surface area contributed by atoms with Gasteiger partial charge in [0.1, 0.15) is 0 Å². The number of unbranched alkanes of at least 4 members (excludes halogenated alkanes) is 1. The first-order valence-corrected chi connectivity index (χ1v) is 9.03. The van der Waals surface area contributed by atoms with Crippen molar-refractivity contribution >= 4 is 21.8 Å². The number of sulfonamides is 1. The van der Waals surface area contributed by atoms with Crippen LogP contribution in [-0.4, -0.2) is 81.6 Å². The van der Waals surface area contributed by atoms with Gasteiger partial charge in [-0.3, -0.25) is 9.59 Å². The van der Waals surface area contributed by atoms with Crippen LogP contribution in [0.1, 0.15) is 19.8 Å². The van der Waals surface area contributed by atoms with E-state index in [0.29, 0.717) is 19.6 Å². The zero-order chi connectivity index (χ0) is 16.6. The smallest absolute Gasteiger partial charge is 0.239 e. The molecule has 0 bridgehead atoms. The standard InChI is InChI=1S/C13H25N3O5S/c1-3-4-9-22(19,20)16-7-6-15(13(18)11-16)10-12(17)14-5-8-21-2/h3-11H2,1-2H3,(H,14,17). The SMILES string of the molecule is CCCCS(=O)(=O)N1CCN(CC(=O)NCCOC)C(=O)C1. The lowest BCUT2D eigenvalue weighted by molar-refractivity contribution is -0.138. The van der Waals surface area contributed by atoms with E-state index < -0.39 is 10.0 Å². The molecule has 0 aromatic heterocycles. The van der Waals surface area contributed by atoms with E-state index in [1.54, 1.807) is 0 Å². The second-order valence-electron chi connectivity index (χ2n) is 5.16. The zero-order valence-corrected chi connectivity index (χ0v) is 14.0. The van der Waals surface area contributed by atoms with Crippen molar-refractivity contribution in [2.24, 2.45) is 0 Å². The minimum atomic E-state index is -3.38. The number of ether oxygens (including phenoxy) is 1. The number of nitrogens with zero attached hydrogens (tertiary/aromatic N) is 2. The summed E-state index contributed by atoms with van der Waals surface area (Å²) in [6.07, 6.45) is 1.37. The molecular weight excluding hydrogens is 310 g/mol. The number of piperazine rings is 1. The molecule has 1 aliphatic rings. The number of methoxy groups -OCH3 is 1. The van der Waals surface area contributed by atoms with Crippen LogP contribution in [0.4, 0.5) is 0 Å². The van der Waals surface area contributed by atoms with Crippen molar-refractivity contribution in [3.63, 3.8) is 0 Å². The van der Waals surface area contributed by atoms with Gasteiger partial charge < -0.3 is 15.0 Å². The minimum absolute atomic E-state index is 0.0502. The van der Waals surface area contributed by atoms with Gasteiger partial charge in [-0.2, -0.15) is 4.31 Å². The summed E-state index contributed by atoms with van der Waals surface area (Å²) in [5.41, 5.74) is 0. The fourth-order valence-electron chi connectivity index (χ4n) is 2.07. The summed E-state index contributed by atoms with van der Waals surface area (Å²) >= 11 is 0. The van der Waals surface area contributed by atoms with Crippen molar-refractivity contribution in [3.05, 3.63) is 0 Å². The molecule has 1 heterocycles. The highest BCUT2D eigenvalue weighted by molar-refractivity contribution is 7.89. The zero-order valence-electron chi connectivity index (χ0n) is 13.2. The predicted octanol–water partition coefficient (Wildman–Crippen LogP) is -0.977. The van der Waals surface area contributed by atoms with E-state index >= 15 is 0 Å². The second-order valence-corrected chi connectivity index (χ2v) is 7.25. The lowest BCUT2D eigenvalue weighted by Gasteiger charge is -2.33. The molecule has 0 aromatic carbocycles. The first-order valence-electron chi connectivity index (χ1n) is 7.42. The summed E-state index contributed by atoms with van der Waals surface area (Å²) in [4.78, 5) is 25.0. The first kappa shape index (κ1) is 18.9. The Labute approximate surface area is 131 Å². The van der Waals surface area contributed by atoms with Crippen LogP contribution in [0, 0.1) is 0 Å². The number of nitrogens with one attached hydrogen (secondary N) is 1. The lowest BCUT2D eigenvalue weighted by Crippen LogP contribution is -2.54. The summed E-state index contributed by atoms with van der Waals surface area (Å²) in [6, 6.07) is 0. The Bertz CT molecular complexity index is 480. The van der Waals surface area contributed by atoms with Gasteiger partial charge in [0.25, 0.3) is 0 Å². The van der Waals surface area contributed by atoms with Crippen LogP contribution in [-0.2, 0) is 24.3 Å². The first-order chi connectivity index (χ1) is 10.4. The van der Waals surface area contributed by atoms with Gasteiger partial charge in [0.05, 0.1) is 25.4 Å². The van der Waals surface area contributed by atoms with Crippen molar-refractivity contribution in [2.45, 2.75) is 19.8 Å². The van der Waals surface area contributed by atoms with Gasteiger partial charge in [0, 0.05) is 26.7 Å². The Morgan fingerprint density at radius 2 is 2.09 bits per heavy atom. The minimum Gasteiger partial charge on any atom is -0.383 e. The van der Waals surface area contributed by atoms with Crippen molar-refractivity contribution in [2.75, 3.05) is 52.2 Å². The van der Waals surface area contributed by atoms with E-state index in [4.69, 9.17) is 4.74 Å². The number of carbonyl (C=O) groups is 2. The monoisotopic (exact) mass is 335 g/mol. The van der Waals surface area contributed by atoms with E-state index in [2.05, 4.69) is 5.32 Å². The van der Waals surface area contributed by atoms with Crippen LogP contribution in [0.3, 0.4) is 0 Å². The number of rotatable bonds is 9. The predicted molar refractivity (Wildman–Crippen MR) is 81.7 cm³/mol. The highest BCUT2D eigenvalue weighted by atomic mass is 32.2. The largest absolute Gasteiger partial charge is 0.383 e. The van der Waals surface area contributed by atoms with Crippen LogP contribution in [0.25, 0.3) is 0 Å². The molecule has 0 unspecified atom stereocenters. The van der Waals surface area contributed by atoms with Gasteiger partial charge in [-0.05, 0) is 6.42 Å². The van der Waals surface area contributed by atoms with Crippen molar-refractivity contribution in [1.82, 2.24) is 14.5 Å². The maximum absolute atomic E-state index is 12.1. The number of carbonyl (C=O) groups excluding carboxylic acids is 2. The average molecular weight is 335 g/mol. The van der Waals surface area contributed by atoms with Crippen LogP contribution >= 0.6 is 0 Å². The summed E-state index contributed by atoms with van der Waals surface area (Å²) in [6.45, 7) is 2.95. The molecule has 8 nitrogen and oxygen atoms in total. The van der Waals surface area contributed by atoms with Crippen LogP contribution in [0.15, 0.2) is 0 Å². The summed E-state index contributed by atoms with van der Waals surface area (Å²) in [5.74, 6) is -0.546. The number of amides is 2. The molecule has 1 fully saturated rings. The van der Waals surface area contributed by atoms with Crippen LogP contribution < -0.4 is 5.32 Å². The Morgan fingerprint density at radius 3 is 2.68 bits per heavy atom. The number of hydrogen-bond donors (Lipinski definition) is 1. The van der Waals surface area contributed by atoms with Crippen molar-refractivity contribution in [1.29, 1.82) is 0 Å². The highest BCUT2D eigenvalue weighted by Crippen LogP contribution is 2.10. The molecule has 0 aromatic rings. The molecule has 0 radical (unpaired) electrons. The van der Waals surface area contributed by atoms with Gasteiger partial charge >= 0.3 is 0 Å². The molecule has 0 saturated carbocycles. The molecule has 1 saturated heterocycles. The van der Waals surface area contributed by atoms with Crippen molar-refractivity contribution in [3.8, 4) is 0 Å². The summed E-state index contributed by atoms with van der Waals surface area (Å²) in [5, 5.41) is 2.63. The van der Waals surface area contributed by atoms with Crippen LogP contribution in [0.5, 0.6) is 0 Å². The second kappa shape index (κ2) is 9.06. The lowest BCUT2D eigenvalue weighted by atomic mass is 10.3. The molecule has 2 amide bonds. The molecule has 1 N–H and O–H groups in total. The van der Waals surface area contributed by atoms with E-state index in [9.17, 15) is 18.0 Å². The Morgan fingerprint density at radius 1 is 1.36 bits per heavy atom. The molecule has 0 atom stereocenters. The Hall–Kier alpha value is -1.19. The highest BCUT2D eigenvalue weighted by Gasteiger charge is 2.31. The molecular formula is C13H25N3O5S. The van der Waals surface area contributed by atoms with Gasteiger partial charge in [0.2, 0.25) is 21.8 Å². The topological polar surface area (TPSA) is 96.0 Å². The van der Waals surface area contributed by atoms with Crippen LogP contribution in [0.2, 0.25) is 0 Å². The molecule has 0 aliphatic carbocycles. The third-order valence-electron chi connectivity index (χ3n) is 3.40. The molecule has 0 spiro atoms. The van der Waals surface area contributed by atoms with Gasteiger partial charge in [0.15, 0.2) is 0 Å². The van der Waals surface area contributed by atoms with E-state index in [1.807, 2.05) is 6.92 Å². The van der Waals surface area contributed by atoms with E-state index in [-0.39, 0.29) is 43.7 Å². The maximum Gasteiger partial charge on any atom is 0.239 e. The molecule has 1 rings (SSSR count). The average Bonchev–Trinajstić information content (AvgIpc) is 2.47. The molecule has 9 heteroatoms. The van der Waals surface area contributed by atoms with E-state index in [1.165, 1.54) is 16.3 Å². The van der Waals surface area contributed by atoms with E-state index in [0.717, 1.165) is 6.42 Å². The summed E-state index contributed by atoms with van der Waals surface area (Å²) in [7, 11) is -1.84. The normalized spacial score (nSPS) is 16.8. The third kappa shape index (κ3) is 5.90. The molecule has 128 valence electrons. The van der Waals surface area contributed by atoms with Gasteiger partial charge in [-0.1, -0.05) is 13.3 Å². The van der Waals surface area contributed by atoms with Crippen molar-refractivity contribution < 1.29 is 22.7 Å². The molecule has 22 heavy (non-hydrogen) atoms. The van der Waals surface area contributed by atoms with Gasteiger partial charge in [-0.25, -0.2) is 8.42 Å². The number of hydrogen-bond acceptors (Lipinski definition) is 5. The quantitative estimate of drug-likeness (QED) is 0.547. The fraction of sp³-hybridized carbons (Fsp3) is 0.846. The fourth-order valence-corrected chi connectivity index (χ4v) is 3.65. The van der Waals surface area contributed by atoms with Gasteiger partial charge in [-0.15, -0.1) is 0 Å². The summed E-state index contributed by atoms with van der Waals surface area (Å²) < 4.78 is 30.1. The maximum atomic E-state index is 12.1.